The number of benzene rings is 1. The van der Waals surface area contributed by atoms with E-state index in [1.165, 1.54) is 4.90 Å². The summed E-state index contributed by atoms with van der Waals surface area (Å²) in [6.07, 6.45) is -2.04. The van der Waals surface area contributed by atoms with E-state index in [1.54, 1.807) is 30.3 Å². The molecule has 1 aromatic rings. The van der Waals surface area contributed by atoms with Crippen LogP contribution >= 0.6 is 0 Å². The highest BCUT2D eigenvalue weighted by atomic mass is 16.6. The Morgan fingerprint density at radius 1 is 1.37 bits per heavy atom. The maximum Gasteiger partial charge on any atom is 0.405 e. The lowest BCUT2D eigenvalue weighted by molar-refractivity contribution is -0.139. The van der Waals surface area contributed by atoms with E-state index >= 15 is 0 Å². The fraction of sp³-hybridized carbons (Fsp3) is 0.385. The molecule has 1 saturated heterocycles. The molecule has 19 heavy (non-hydrogen) atoms. The molecule has 0 bridgehead atoms. The van der Waals surface area contributed by atoms with E-state index in [4.69, 9.17) is 10.5 Å². The second-order valence-electron chi connectivity index (χ2n) is 4.45. The Labute approximate surface area is 110 Å². The van der Waals surface area contributed by atoms with Gasteiger partial charge in [-0.05, 0) is 6.42 Å². The van der Waals surface area contributed by atoms with Crippen LogP contribution in [0.3, 0.4) is 0 Å². The number of aliphatic hydroxyl groups is 1. The number of rotatable bonds is 3. The van der Waals surface area contributed by atoms with Crippen molar-refractivity contribution in [3.8, 4) is 0 Å². The summed E-state index contributed by atoms with van der Waals surface area (Å²) < 4.78 is 4.91. The van der Waals surface area contributed by atoms with E-state index < -0.39 is 18.3 Å². The minimum Gasteiger partial charge on any atom is -0.431 e. The first-order valence-electron chi connectivity index (χ1n) is 6.06. The fourth-order valence-electron chi connectivity index (χ4n) is 2.11. The number of nitrogens with zero attached hydrogens (tertiary/aromatic N) is 1. The van der Waals surface area contributed by atoms with Crippen molar-refractivity contribution >= 4 is 12.0 Å². The van der Waals surface area contributed by atoms with Crippen molar-refractivity contribution in [3.63, 3.8) is 0 Å². The van der Waals surface area contributed by atoms with Gasteiger partial charge in [-0.25, -0.2) is 4.79 Å². The van der Waals surface area contributed by atoms with Gasteiger partial charge in [-0.2, -0.15) is 0 Å². The largest absolute Gasteiger partial charge is 0.431 e. The van der Waals surface area contributed by atoms with E-state index in [0.717, 1.165) is 0 Å². The number of carbonyl (C=O) groups is 2. The van der Waals surface area contributed by atoms with Crippen molar-refractivity contribution in [2.75, 3.05) is 13.1 Å². The van der Waals surface area contributed by atoms with Gasteiger partial charge in [0.2, 0.25) is 6.10 Å². The van der Waals surface area contributed by atoms with Crippen LogP contribution in [0.15, 0.2) is 30.3 Å². The molecule has 1 aliphatic rings. The van der Waals surface area contributed by atoms with E-state index in [9.17, 15) is 14.7 Å². The Bertz CT molecular complexity index is 463. The van der Waals surface area contributed by atoms with Crippen LogP contribution in [0.5, 0.6) is 0 Å². The molecule has 1 aliphatic heterocycles. The number of aliphatic hydroxyl groups excluding tert-OH is 1. The summed E-state index contributed by atoms with van der Waals surface area (Å²) in [5.41, 5.74) is 5.58. The number of amides is 2. The molecule has 1 heterocycles. The average Bonchev–Trinajstić information content (AvgIpc) is 2.83. The van der Waals surface area contributed by atoms with Gasteiger partial charge in [-0.1, -0.05) is 30.3 Å². The average molecular weight is 264 g/mol. The van der Waals surface area contributed by atoms with Gasteiger partial charge in [0.1, 0.15) is 0 Å². The molecule has 1 aromatic carbocycles. The molecule has 2 rings (SSSR count). The molecule has 0 aromatic heterocycles. The molecular formula is C13H16N2O4. The minimum atomic E-state index is -1.05. The zero-order valence-electron chi connectivity index (χ0n) is 10.4. The van der Waals surface area contributed by atoms with Crippen molar-refractivity contribution in [2.45, 2.75) is 18.6 Å². The number of nitrogens with two attached hydrogens (primary N) is 1. The van der Waals surface area contributed by atoms with E-state index in [2.05, 4.69) is 0 Å². The predicted octanol–water partition coefficient (Wildman–Crippen LogP) is 0.416. The van der Waals surface area contributed by atoms with Crippen LogP contribution in [0.4, 0.5) is 4.79 Å². The molecule has 6 heteroatoms. The SMILES string of the molecule is NC(=O)O[C@H](C(=O)N1CC[C@H](O)C1)c1ccccc1. The summed E-state index contributed by atoms with van der Waals surface area (Å²) in [6, 6.07) is 8.68. The Balaban J connectivity index is 2.18. The van der Waals surface area contributed by atoms with E-state index in [0.29, 0.717) is 18.5 Å². The zero-order chi connectivity index (χ0) is 13.8. The first-order chi connectivity index (χ1) is 9.08. The normalized spacial score (nSPS) is 20.1. The number of β-amino-alcohol motifs (C(OH)–C–C–N with tert-alkyl or cyclic N) is 1. The summed E-state index contributed by atoms with van der Waals surface area (Å²) >= 11 is 0. The van der Waals surface area contributed by atoms with Crippen LogP contribution in [0.2, 0.25) is 0 Å². The Kier molecular flexibility index (Phi) is 4.01. The lowest BCUT2D eigenvalue weighted by atomic mass is 10.1. The fourth-order valence-corrected chi connectivity index (χ4v) is 2.11. The highest BCUT2D eigenvalue weighted by molar-refractivity contribution is 5.84. The maximum atomic E-state index is 12.3. The summed E-state index contributed by atoms with van der Waals surface area (Å²) in [5.74, 6) is -0.360. The summed E-state index contributed by atoms with van der Waals surface area (Å²) in [5, 5.41) is 9.46. The monoisotopic (exact) mass is 264 g/mol. The molecule has 3 N–H and O–H groups in total. The van der Waals surface area contributed by atoms with Crippen LogP contribution in [0, 0.1) is 0 Å². The summed E-state index contributed by atoms with van der Waals surface area (Å²) in [7, 11) is 0. The van der Waals surface area contributed by atoms with Crippen LogP contribution < -0.4 is 5.73 Å². The molecule has 2 atom stereocenters. The lowest BCUT2D eigenvalue weighted by Gasteiger charge is -2.22. The molecule has 0 spiro atoms. The molecule has 0 aliphatic carbocycles. The highest BCUT2D eigenvalue weighted by Crippen LogP contribution is 2.22. The van der Waals surface area contributed by atoms with Gasteiger partial charge >= 0.3 is 6.09 Å². The summed E-state index contributed by atoms with van der Waals surface area (Å²) in [4.78, 5) is 24.7. The number of hydrogen-bond donors (Lipinski definition) is 2. The number of carbonyl (C=O) groups excluding carboxylic acids is 2. The molecule has 1 fully saturated rings. The zero-order valence-corrected chi connectivity index (χ0v) is 10.4. The van der Waals surface area contributed by atoms with Gasteiger partial charge in [0.25, 0.3) is 5.91 Å². The Morgan fingerprint density at radius 2 is 2.05 bits per heavy atom. The number of primary amides is 1. The maximum absolute atomic E-state index is 12.3. The van der Waals surface area contributed by atoms with Crippen LogP contribution in [-0.2, 0) is 9.53 Å². The van der Waals surface area contributed by atoms with Crippen LogP contribution in [0.1, 0.15) is 18.1 Å². The topological polar surface area (TPSA) is 92.9 Å². The van der Waals surface area contributed by atoms with Gasteiger partial charge in [0, 0.05) is 18.7 Å². The molecule has 0 saturated carbocycles. The summed E-state index contributed by atoms with van der Waals surface area (Å²) in [6.45, 7) is 0.704. The second-order valence-corrected chi connectivity index (χ2v) is 4.45. The van der Waals surface area contributed by atoms with Gasteiger partial charge < -0.3 is 20.5 Å². The van der Waals surface area contributed by atoms with Crippen molar-refractivity contribution in [2.24, 2.45) is 5.73 Å². The predicted molar refractivity (Wildman–Crippen MR) is 67.1 cm³/mol. The van der Waals surface area contributed by atoms with Gasteiger partial charge in [0.05, 0.1) is 6.10 Å². The van der Waals surface area contributed by atoms with Crippen molar-refractivity contribution in [3.05, 3.63) is 35.9 Å². The molecule has 0 radical (unpaired) electrons. The lowest BCUT2D eigenvalue weighted by Crippen LogP contribution is -2.36. The van der Waals surface area contributed by atoms with Gasteiger partial charge in [-0.3, -0.25) is 4.79 Å². The Hall–Kier alpha value is -2.08. The minimum absolute atomic E-state index is 0.254. The number of likely N-dealkylation sites (tertiary alicyclic amines) is 1. The smallest absolute Gasteiger partial charge is 0.405 e. The van der Waals surface area contributed by atoms with Crippen molar-refractivity contribution in [1.82, 2.24) is 4.90 Å². The highest BCUT2D eigenvalue weighted by Gasteiger charge is 2.32. The first-order valence-corrected chi connectivity index (χ1v) is 6.06. The number of hydrogen-bond acceptors (Lipinski definition) is 4. The third-order valence-electron chi connectivity index (χ3n) is 3.04. The van der Waals surface area contributed by atoms with Gasteiger partial charge in [-0.15, -0.1) is 0 Å². The number of ether oxygens (including phenoxy) is 1. The van der Waals surface area contributed by atoms with Crippen LogP contribution in [-0.4, -0.2) is 41.2 Å². The quantitative estimate of drug-likeness (QED) is 0.827. The molecular weight excluding hydrogens is 248 g/mol. The second kappa shape index (κ2) is 5.71. The van der Waals surface area contributed by atoms with Crippen molar-refractivity contribution < 1.29 is 19.4 Å². The van der Waals surface area contributed by atoms with E-state index in [-0.39, 0.29) is 12.5 Å². The molecule has 2 amide bonds. The molecule has 6 nitrogen and oxygen atoms in total. The molecule has 0 unspecified atom stereocenters. The molecule has 102 valence electrons. The standard InChI is InChI=1S/C13H16N2O4/c14-13(18)19-11(9-4-2-1-3-5-9)12(17)15-7-6-10(16)8-15/h1-5,10-11,16H,6-8H2,(H2,14,18)/t10-,11-/m0/s1. The van der Waals surface area contributed by atoms with Gasteiger partial charge in [0.15, 0.2) is 0 Å². The third-order valence-corrected chi connectivity index (χ3v) is 3.04. The first kappa shape index (κ1) is 13.4. The Morgan fingerprint density at radius 3 is 2.58 bits per heavy atom. The third kappa shape index (κ3) is 3.23. The van der Waals surface area contributed by atoms with Crippen LogP contribution in [0.25, 0.3) is 0 Å². The van der Waals surface area contributed by atoms with Crippen molar-refractivity contribution in [1.29, 1.82) is 0 Å². The van der Waals surface area contributed by atoms with E-state index in [1.807, 2.05) is 0 Å².